The highest BCUT2D eigenvalue weighted by molar-refractivity contribution is 6.30. The van der Waals surface area contributed by atoms with Gasteiger partial charge >= 0.3 is 5.97 Å². The molecule has 0 saturated heterocycles. The predicted molar refractivity (Wildman–Crippen MR) is 98.1 cm³/mol. The van der Waals surface area contributed by atoms with Crippen molar-refractivity contribution in [3.8, 4) is 0 Å². The van der Waals surface area contributed by atoms with E-state index in [0.717, 1.165) is 16.8 Å². The van der Waals surface area contributed by atoms with Gasteiger partial charge in [0.25, 0.3) is 0 Å². The molecule has 0 fully saturated rings. The van der Waals surface area contributed by atoms with Crippen LogP contribution >= 0.6 is 11.6 Å². The largest absolute Gasteiger partial charge is 0.461 e. The van der Waals surface area contributed by atoms with Crippen molar-refractivity contribution in [2.75, 3.05) is 13.2 Å². The lowest BCUT2D eigenvalue weighted by Gasteiger charge is -2.27. The van der Waals surface area contributed by atoms with Gasteiger partial charge in [-0.1, -0.05) is 23.7 Å². The summed E-state index contributed by atoms with van der Waals surface area (Å²) in [4.78, 5) is 26.6. The number of amides is 1. The molecular formula is C19H22ClN3O3. The lowest BCUT2D eigenvalue weighted by molar-refractivity contribution is -0.132. The number of ether oxygens (including phenoxy) is 1. The van der Waals surface area contributed by atoms with Crippen molar-refractivity contribution in [2.45, 2.75) is 32.7 Å². The number of fused-ring (bicyclic) bond motifs is 1. The first kappa shape index (κ1) is 18.5. The Hall–Kier alpha value is -2.34. The number of hydrogen-bond donors (Lipinski definition) is 0. The van der Waals surface area contributed by atoms with Gasteiger partial charge in [0.1, 0.15) is 0 Å². The molecule has 1 aliphatic heterocycles. The van der Waals surface area contributed by atoms with Crippen LogP contribution in [0, 0.1) is 0 Å². The van der Waals surface area contributed by atoms with Crippen molar-refractivity contribution in [1.82, 2.24) is 14.7 Å². The van der Waals surface area contributed by atoms with Crippen LogP contribution in [-0.2, 0) is 36.0 Å². The van der Waals surface area contributed by atoms with Gasteiger partial charge < -0.3 is 9.64 Å². The van der Waals surface area contributed by atoms with E-state index in [4.69, 9.17) is 16.3 Å². The third-order valence-corrected chi connectivity index (χ3v) is 4.81. The van der Waals surface area contributed by atoms with Crippen LogP contribution in [0.25, 0.3) is 0 Å². The van der Waals surface area contributed by atoms with Gasteiger partial charge in [0.15, 0.2) is 5.69 Å². The molecule has 1 amide bonds. The van der Waals surface area contributed by atoms with Crippen LogP contribution in [0.1, 0.15) is 40.7 Å². The standard InChI is InChI=1S/C19H22ClN3O3/c1-3-26-19(25)18-15-12-23(11-10-16(15)21-22(18)2)17(24)9-6-13-4-7-14(20)8-5-13/h4-5,7-8H,3,6,9-12H2,1-2H3. The fourth-order valence-electron chi connectivity index (χ4n) is 3.23. The number of rotatable bonds is 5. The molecule has 138 valence electrons. The maximum absolute atomic E-state index is 12.6. The molecule has 0 N–H and O–H groups in total. The Morgan fingerprint density at radius 1 is 1.27 bits per heavy atom. The number of hydrogen-bond acceptors (Lipinski definition) is 4. The van der Waals surface area contributed by atoms with Crippen molar-refractivity contribution in [3.05, 3.63) is 51.8 Å². The molecule has 3 rings (SSSR count). The van der Waals surface area contributed by atoms with Gasteiger partial charge in [0.2, 0.25) is 5.91 Å². The Kier molecular flexibility index (Phi) is 5.61. The van der Waals surface area contributed by atoms with Crippen LogP contribution in [0.2, 0.25) is 5.02 Å². The lowest BCUT2D eigenvalue weighted by Crippen LogP contribution is -2.36. The molecule has 1 aromatic heterocycles. The second kappa shape index (κ2) is 7.91. The quantitative estimate of drug-likeness (QED) is 0.754. The first-order valence-corrected chi connectivity index (χ1v) is 9.11. The van der Waals surface area contributed by atoms with E-state index < -0.39 is 0 Å². The van der Waals surface area contributed by atoms with Crippen molar-refractivity contribution in [2.24, 2.45) is 7.05 Å². The number of aromatic nitrogens is 2. The van der Waals surface area contributed by atoms with Crippen LogP contribution in [0.5, 0.6) is 0 Å². The number of aryl methyl sites for hydroxylation is 2. The summed E-state index contributed by atoms with van der Waals surface area (Å²) in [7, 11) is 1.73. The van der Waals surface area contributed by atoms with Gasteiger partial charge in [-0.3, -0.25) is 9.48 Å². The topological polar surface area (TPSA) is 64.4 Å². The maximum Gasteiger partial charge on any atom is 0.356 e. The summed E-state index contributed by atoms with van der Waals surface area (Å²) in [5, 5.41) is 5.10. The molecule has 0 aliphatic carbocycles. The fourth-order valence-corrected chi connectivity index (χ4v) is 3.36. The molecule has 26 heavy (non-hydrogen) atoms. The van der Waals surface area contributed by atoms with E-state index in [2.05, 4.69) is 5.10 Å². The number of carbonyl (C=O) groups is 2. The smallest absolute Gasteiger partial charge is 0.356 e. The Labute approximate surface area is 157 Å². The van der Waals surface area contributed by atoms with E-state index in [1.807, 2.05) is 24.3 Å². The van der Waals surface area contributed by atoms with Crippen molar-refractivity contribution < 1.29 is 14.3 Å². The first-order chi connectivity index (χ1) is 12.5. The number of carbonyl (C=O) groups excluding carboxylic acids is 2. The number of halogens is 1. The average molecular weight is 376 g/mol. The highest BCUT2D eigenvalue weighted by atomic mass is 35.5. The van der Waals surface area contributed by atoms with Crippen molar-refractivity contribution in [3.63, 3.8) is 0 Å². The van der Waals surface area contributed by atoms with E-state index in [0.29, 0.717) is 49.7 Å². The van der Waals surface area contributed by atoms with Crippen LogP contribution < -0.4 is 0 Å². The third-order valence-electron chi connectivity index (χ3n) is 4.56. The van der Waals surface area contributed by atoms with Crippen LogP contribution in [0.3, 0.4) is 0 Å². The predicted octanol–water partition coefficient (Wildman–Crippen LogP) is 2.77. The monoisotopic (exact) mass is 375 g/mol. The van der Waals surface area contributed by atoms with Gasteiger partial charge in [-0.2, -0.15) is 5.10 Å². The normalized spacial score (nSPS) is 13.4. The molecule has 0 radical (unpaired) electrons. The molecule has 0 bridgehead atoms. The second-order valence-corrected chi connectivity index (χ2v) is 6.75. The average Bonchev–Trinajstić information content (AvgIpc) is 2.96. The van der Waals surface area contributed by atoms with E-state index in [1.165, 1.54) is 0 Å². The molecule has 0 unspecified atom stereocenters. The summed E-state index contributed by atoms with van der Waals surface area (Å²) in [6.07, 6.45) is 1.73. The van der Waals surface area contributed by atoms with Crippen LogP contribution in [0.15, 0.2) is 24.3 Å². The molecule has 1 aliphatic rings. The number of nitrogens with zero attached hydrogens (tertiary/aromatic N) is 3. The van der Waals surface area contributed by atoms with Crippen molar-refractivity contribution in [1.29, 1.82) is 0 Å². The second-order valence-electron chi connectivity index (χ2n) is 6.31. The minimum atomic E-state index is -0.390. The van der Waals surface area contributed by atoms with Gasteiger partial charge in [-0.25, -0.2) is 4.79 Å². The summed E-state index contributed by atoms with van der Waals surface area (Å²) in [6, 6.07) is 7.53. The number of benzene rings is 1. The summed E-state index contributed by atoms with van der Waals surface area (Å²) in [6.45, 7) is 3.10. The third kappa shape index (κ3) is 3.90. The van der Waals surface area contributed by atoms with Crippen molar-refractivity contribution >= 4 is 23.5 Å². The molecule has 0 atom stereocenters. The zero-order valence-electron chi connectivity index (χ0n) is 15.0. The maximum atomic E-state index is 12.6. The lowest BCUT2D eigenvalue weighted by atomic mass is 10.0. The zero-order valence-corrected chi connectivity index (χ0v) is 15.8. The molecule has 1 aromatic carbocycles. The highest BCUT2D eigenvalue weighted by Gasteiger charge is 2.29. The van der Waals surface area contributed by atoms with E-state index in [9.17, 15) is 9.59 Å². The van der Waals surface area contributed by atoms with Gasteiger partial charge in [-0.15, -0.1) is 0 Å². The fraction of sp³-hybridized carbons (Fsp3) is 0.421. The van der Waals surface area contributed by atoms with E-state index in [-0.39, 0.29) is 11.9 Å². The molecule has 7 heteroatoms. The summed E-state index contributed by atoms with van der Waals surface area (Å²) < 4.78 is 6.69. The van der Waals surface area contributed by atoms with Gasteiger partial charge in [0, 0.05) is 43.6 Å². The Morgan fingerprint density at radius 2 is 2.00 bits per heavy atom. The van der Waals surface area contributed by atoms with E-state index >= 15 is 0 Å². The first-order valence-electron chi connectivity index (χ1n) is 8.73. The summed E-state index contributed by atoms with van der Waals surface area (Å²) in [5.41, 5.74) is 3.19. The highest BCUT2D eigenvalue weighted by Crippen LogP contribution is 2.23. The molecule has 2 aromatic rings. The Bertz CT molecular complexity index is 814. The van der Waals surface area contributed by atoms with Crippen LogP contribution in [-0.4, -0.2) is 39.7 Å². The minimum absolute atomic E-state index is 0.0734. The zero-order chi connectivity index (χ0) is 18.7. The summed E-state index contributed by atoms with van der Waals surface area (Å²) >= 11 is 5.89. The number of esters is 1. The molecule has 0 saturated carbocycles. The molecule has 2 heterocycles. The van der Waals surface area contributed by atoms with E-state index in [1.54, 1.807) is 23.6 Å². The molecule has 6 nitrogen and oxygen atoms in total. The SMILES string of the molecule is CCOC(=O)c1c2c(nn1C)CCN(C(=O)CCc1ccc(Cl)cc1)C2. The molecular weight excluding hydrogens is 354 g/mol. The molecule has 0 spiro atoms. The van der Waals surface area contributed by atoms with Gasteiger partial charge in [0.05, 0.1) is 12.3 Å². The Morgan fingerprint density at radius 3 is 2.69 bits per heavy atom. The van der Waals surface area contributed by atoms with Gasteiger partial charge in [-0.05, 0) is 31.0 Å². The van der Waals surface area contributed by atoms with Crippen LogP contribution in [0.4, 0.5) is 0 Å². The minimum Gasteiger partial charge on any atom is -0.461 e. The Balaban J connectivity index is 1.68. The summed E-state index contributed by atoms with van der Waals surface area (Å²) in [5.74, 6) is -0.316.